The van der Waals surface area contributed by atoms with Gasteiger partial charge in [0.25, 0.3) is 0 Å². The molecular formula is C11H10BrClN2O. The lowest BCUT2D eigenvalue weighted by Crippen LogP contribution is -1.92. The van der Waals surface area contributed by atoms with Crippen molar-refractivity contribution in [2.45, 2.75) is 6.92 Å². The molecule has 0 saturated heterocycles. The van der Waals surface area contributed by atoms with Gasteiger partial charge in [0.15, 0.2) is 0 Å². The lowest BCUT2D eigenvalue weighted by molar-refractivity contribution is 0.413. The third-order valence-electron chi connectivity index (χ3n) is 2.29. The van der Waals surface area contributed by atoms with Gasteiger partial charge in [0.05, 0.1) is 13.4 Å². The Kier molecular flexibility index (Phi) is 3.21. The SMILES string of the molecule is COc1c(C)cc(Cl)cc1-c1nc[nH]c1Br. The first kappa shape index (κ1) is 11.5. The molecule has 16 heavy (non-hydrogen) atoms. The summed E-state index contributed by atoms with van der Waals surface area (Å²) >= 11 is 9.44. The fraction of sp³-hybridized carbons (Fsp3) is 0.182. The maximum absolute atomic E-state index is 6.04. The summed E-state index contributed by atoms with van der Waals surface area (Å²) in [5.41, 5.74) is 2.66. The van der Waals surface area contributed by atoms with Crippen LogP contribution in [0.1, 0.15) is 5.56 Å². The van der Waals surface area contributed by atoms with Gasteiger partial charge in [-0.2, -0.15) is 0 Å². The Hall–Kier alpha value is -1.00. The molecule has 0 saturated carbocycles. The van der Waals surface area contributed by atoms with Crippen LogP contribution in [0.4, 0.5) is 0 Å². The number of H-pyrrole nitrogens is 1. The Morgan fingerprint density at radius 1 is 1.44 bits per heavy atom. The van der Waals surface area contributed by atoms with Crippen LogP contribution in [0.3, 0.4) is 0 Å². The summed E-state index contributed by atoms with van der Waals surface area (Å²) in [6.07, 6.45) is 1.62. The van der Waals surface area contributed by atoms with Gasteiger partial charge in [-0.25, -0.2) is 4.98 Å². The second-order valence-electron chi connectivity index (χ2n) is 3.37. The molecule has 0 aliphatic heterocycles. The van der Waals surface area contributed by atoms with Crippen LogP contribution in [0.2, 0.25) is 5.02 Å². The van der Waals surface area contributed by atoms with E-state index in [0.29, 0.717) is 5.02 Å². The number of imidazole rings is 1. The molecule has 5 heteroatoms. The molecule has 0 amide bonds. The van der Waals surface area contributed by atoms with E-state index in [2.05, 4.69) is 25.9 Å². The van der Waals surface area contributed by atoms with Crippen molar-refractivity contribution in [1.82, 2.24) is 9.97 Å². The van der Waals surface area contributed by atoms with Gasteiger partial charge in [-0.1, -0.05) is 11.6 Å². The number of nitrogens with one attached hydrogen (secondary N) is 1. The van der Waals surface area contributed by atoms with Crippen LogP contribution in [-0.2, 0) is 0 Å². The average Bonchev–Trinajstić information content (AvgIpc) is 2.63. The number of nitrogens with zero attached hydrogens (tertiary/aromatic N) is 1. The number of benzene rings is 1. The second-order valence-corrected chi connectivity index (χ2v) is 4.60. The van der Waals surface area contributed by atoms with Crippen molar-refractivity contribution in [1.29, 1.82) is 0 Å². The number of aromatic nitrogens is 2. The summed E-state index contributed by atoms with van der Waals surface area (Å²) in [6, 6.07) is 3.71. The van der Waals surface area contributed by atoms with Gasteiger partial charge in [0.1, 0.15) is 16.0 Å². The molecule has 1 aromatic heterocycles. The maximum Gasteiger partial charge on any atom is 0.131 e. The quantitative estimate of drug-likeness (QED) is 0.916. The number of hydrogen-bond acceptors (Lipinski definition) is 2. The standard InChI is InChI=1S/C11H10BrClN2O/c1-6-3-7(13)4-8(10(6)16-2)9-11(12)15-5-14-9/h3-5H,1-2H3,(H,14,15). The molecular weight excluding hydrogens is 291 g/mol. The summed E-state index contributed by atoms with van der Waals surface area (Å²) < 4.78 is 6.19. The predicted molar refractivity (Wildman–Crippen MR) is 68.0 cm³/mol. The van der Waals surface area contributed by atoms with Gasteiger partial charge in [0, 0.05) is 10.6 Å². The lowest BCUT2D eigenvalue weighted by atomic mass is 10.1. The topological polar surface area (TPSA) is 37.9 Å². The van der Waals surface area contributed by atoms with Crippen LogP contribution in [0.5, 0.6) is 5.75 Å². The number of halogens is 2. The van der Waals surface area contributed by atoms with Crippen LogP contribution < -0.4 is 4.74 Å². The summed E-state index contributed by atoms with van der Waals surface area (Å²) in [6.45, 7) is 1.95. The van der Waals surface area contributed by atoms with E-state index in [4.69, 9.17) is 16.3 Å². The van der Waals surface area contributed by atoms with Crippen LogP contribution in [-0.4, -0.2) is 17.1 Å². The van der Waals surface area contributed by atoms with E-state index in [0.717, 1.165) is 27.2 Å². The van der Waals surface area contributed by atoms with E-state index < -0.39 is 0 Å². The molecule has 3 nitrogen and oxygen atoms in total. The molecule has 84 valence electrons. The zero-order chi connectivity index (χ0) is 11.7. The fourth-order valence-electron chi connectivity index (χ4n) is 1.64. The summed E-state index contributed by atoms with van der Waals surface area (Å²) in [7, 11) is 1.64. The Bertz CT molecular complexity index is 525. The number of rotatable bonds is 2. The fourth-order valence-corrected chi connectivity index (χ4v) is 2.33. The monoisotopic (exact) mass is 300 g/mol. The summed E-state index contributed by atoms with van der Waals surface area (Å²) in [4.78, 5) is 7.20. The highest BCUT2D eigenvalue weighted by Gasteiger charge is 2.14. The van der Waals surface area contributed by atoms with Gasteiger partial charge in [-0.3, -0.25) is 0 Å². The van der Waals surface area contributed by atoms with Gasteiger partial charge < -0.3 is 9.72 Å². The van der Waals surface area contributed by atoms with Crippen molar-refractivity contribution >= 4 is 27.5 Å². The second kappa shape index (κ2) is 4.47. The smallest absolute Gasteiger partial charge is 0.131 e. The van der Waals surface area contributed by atoms with Crippen LogP contribution in [0.15, 0.2) is 23.1 Å². The minimum absolute atomic E-state index is 0.670. The molecule has 1 N–H and O–H groups in total. The first-order valence-corrected chi connectivity index (χ1v) is 5.84. The molecule has 0 aliphatic carbocycles. The van der Waals surface area contributed by atoms with Crippen molar-refractivity contribution in [3.8, 4) is 17.0 Å². The zero-order valence-electron chi connectivity index (χ0n) is 8.84. The molecule has 0 fully saturated rings. The normalized spacial score (nSPS) is 10.5. The minimum Gasteiger partial charge on any atom is -0.496 e. The molecule has 0 bridgehead atoms. The third kappa shape index (κ3) is 1.95. The minimum atomic E-state index is 0.670. The zero-order valence-corrected chi connectivity index (χ0v) is 11.2. The number of methoxy groups -OCH3 is 1. The number of aromatic amines is 1. The number of aryl methyl sites for hydroxylation is 1. The van der Waals surface area contributed by atoms with Crippen LogP contribution >= 0.6 is 27.5 Å². The summed E-state index contributed by atoms with van der Waals surface area (Å²) in [5.74, 6) is 0.789. The molecule has 2 aromatic rings. The van der Waals surface area contributed by atoms with E-state index >= 15 is 0 Å². The average molecular weight is 302 g/mol. The largest absolute Gasteiger partial charge is 0.496 e. The Morgan fingerprint density at radius 3 is 2.75 bits per heavy atom. The summed E-state index contributed by atoms with van der Waals surface area (Å²) in [5, 5.41) is 0.670. The predicted octanol–water partition coefficient (Wildman–Crippen LogP) is 3.81. The molecule has 0 aliphatic rings. The lowest BCUT2D eigenvalue weighted by Gasteiger charge is -2.10. The van der Waals surface area contributed by atoms with Crippen molar-refractivity contribution in [3.05, 3.63) is 33.6 Å². The molecule has 0 atom stereocenters. The maximum atomic E-state index is 6.04. The van der Waals surface area contributed by atoms with Crippen LogP contribution in [0.25, 0.3) is 11.3 Å². The van der Waals surface area contributed by atoms with Crippen molar-refractivity contribution in [2.75, 3.05) is 7.11 Å². The van der Waals surface area contributed by atoms with Gasteiger partial charge in [-0.15, -0.1) is 0 Å². The van der Waals surface area contributed by atoms with Crippen molar-refractivity contribution in [2.24, 2.45) is 0 Å². The van der Waals surface area contributed by atoms with E-state index in [1.54, 1.807) is 13.4 Å². The van der Waals surface area contributed by atoms with Crippen molar-refractivity contribution < 1.29 is 4.74 Å². The highest BCUT2D eigenvalue weighted by Crippen LogP contribution is 2.37. The Balaban J connectivity index is 2.68. The number of ether oxygens (including phenoxy) is 1. The van der Waals surface area contributed by atoms with Crippen LogP contribution in [0, 0.1) is 6.92 Å². The molecule has 0 spiro atoms. The first-order chi connectivity index (χ1) is 7.63. The van der Waals surface area contributed by atoms with E-state index in [1.165, 1.54) is 0 Å². The van der Waals surface area contributed by atoms with E-state index in [9.17, 15) is 0 Å². The highest BCUT2D eigenvalue weighted by atomic mass is 79.9. The van der Waals surface area contributed by atoms with Gasteiger partial charge in [0.2, 0.25) is 0 Å². The molecule has 1 aromatic carbocycles. The molecule has 1 heterocycles. The Labute approximate surface area is 107 Å². The van der Waals surface area contributed by atoms with E-state index in [-0.39, 0.29) is 0 Å². The third-order valence-corrected chi connectivity index (χ3v) is 3.11. The number of hydrogen-bond donors (Lipinski definition) is 1. The van der Waals surface area contributed by atoms with Gasteiger partial charge in [-0.05, 0) is 40.5 Å². The highest BCUT2D eigenvalue weighted by molar-refractivity contribution is 9.10. The molecule has 2 rings (SSSR count). The van der Waals surface area contributed by atoms with Crippen molar-refractivity contribution in [3.63, 3.8) is 0 Å². The first-order valence-electron chi connectivity index (χ1n) is 4.67. The van der Waals surface area contributed by atoms with Gasteiger partial charge >= 0.3 is 0 Å². The van der Waals surface area contributed by atoms with E-state index in [1.807, 2.05) is 19.1 Å². The molecule has 0 unspecified atom stereocenters. The Morgan fingerprint density at radius 2 is 2.19 bits per heavy atom. The molecule has 0 radical (unpaired) electrons.